The van der Waals surface area contributed by atoms with E-state index < -0.39 is 28.3 Å². The highest BCUT2D eigenvalue weighted by atomic mass is 79.9. The third kappa shape index (κ3) is 4.08. The molecule has 3 unspecified atom stereocenters. The first-order valence-electron chi connectivity index (χ1n) is 6.96. The van der Waals surface area contributed by atoms with Crippen molar-refractivity contribution in [3.63, 3.8) is 0 Å². The molecule has 2 rings (SSSR count). The number of likely N-dealkylation sites (tertiary alicyclic amines) is 1. The number of carbonyl (C=O) groups excluding carboxylic acids is 3. The normalized spacial score (nSPS) is 21.0. The molecule has 0 spiro atoms. The number of β-lactam (4-membered cyclic amide) rings is 1. The third-order valence-electron chi connectivity index (χ3n) is 3.32. The van der Waals surface area contributed by atoms with Gasteiger partial charge in [-0.15, -0.1) is 0 Å². The van der Waals surface area contributed by atoms with Crippen molar-refractivity contribution in [3.8, 4) is 5.75 Å². The van der Waals surface area contributed by atoms with Crippen molar-refractivity contribution in [2.75, 3.05) is 7.11 Å². The van der Waals surface area contributed by atoms with Crippen LogP contribution in [0.1, 0.15) is 12.5 Å². The van der Waals surface area contributed by atoms with E-state index in [9.17, 15) is 19.5 Å². The summed E-state index contributed by atoms with van der Waals surface area (Å²) in [5, 5.41) is 9.17. The molecule has 1 amide bonds. The summed E-state index contributed by atoms with van der Waals surface area (Å²) in [6, 6.07) is 6.87. The molecule has 1 aliphatic rings. The fourth-order valence-corrected chi connectivity index (χ4v) is 3.78. The summed E-state index contributed by atoms with van der Waals surface area (Å²) in [7, 11) is 1.54. The molecule has 1 fully saturated rings. The second-order valence-electron chi connectivity index (χ2n) is 4.98. The van der Waals surface area contributed by atoms with E-state index in [2.05, 4.69) is 15.9 Å². The molecule has 130 valence electrons. The van der Waals surface area contributed by atoms with Gasteiger partial charge in [-0.3, -0.25) is 14.5 Å². The second kappa shape index (κ2) is 8.00. The fraction of sp³-hybridized carbons (Fsp3) is 0.400. The van der Waals surface area contributed by atoms with Crippen LogP contribution in [0.5, 0.6) is 5.75 Å². The number of halogens is 1. The first kappa shape index (κ1) is 18.8. The zero-order valence-electron chi connectivity index (χ0n) is 13.0. The number of aliphatic hydroxyl groups excluding tert-OH is 1. The van der Waals surface area contributed by atoms with Crippen molar-refractivity contribution in [3.05, 3.63) is 29.8 Å². The number of rotatable bonds is 6. The van der Waals surface area contributed by atoms with Crippen molar-refractivity contribution in [2.45, 2.75) is 30.0 Å². The van der Waals surface area contributed by atoms with Crippen LogP contribution < -0.4 is 4.74 Å². The van der Waals surface area contributed by atoms with Crippen molar-refractivity contribution in [2.24, 2.45) is 0 Å². The van der Waals surface area contributed by atoms with Crippen molar-refractivity contribution in [1.29, 1.82) is 0 Å². The van der Waals surface area contributed by atoms with Gasteiger partial charge in [0.15, 0.2) is 5.12 Å². The molecular weight excluding hydrogens is 402 g/mol. The molecule has 1 heterocycles. The van der Waals surface area contributed by atoms with Gasteiger partial charge >= 0.3 is 5.97 Å². The van der Waals surface area contributed by atoms with Gasteiger partial charge in [-0.1, -0.05) is 39.8 Å². The highest BCUT2D eigenvalue weighted by Crippen LogP contribution is 2.36. The van der Waals surface area contributed by atoms with E-state index in [-0.39, 0.29) is 11.7 Å². The first-order valence-corrected chi connectivity index (χ1v) is 8.75. The maximum absolute atomic E-state index is 12.0. The second-order valence-corrected chi connectivity index (χ2v) is 7.26. The molecule has 1 saturated heterocycles. The molecule has 1 aromatic carbocycles. The van der Waals surface area contributed by atoms with E-state index in [1.165, 1.54) is 6.92 Å². The molecule has 3 atom stereocenters. The molecule has 0 aromatic heterocycles. The predicted molar refractivity (Wildman–Crippen MR) is 90.4 cm³/mol. The number of aliphatic hydroxyl groups is 1. The van der Waals surface area contributed by atoms with E-state index in [1.54, 1.807) is 31.4 Å². The van der Waals surface area contributed by atoms with Crippen LogP contribution in [0.2, 0.25) is 0 Å². The molecule has 1 aliphatic heterocycles. The lowest BCUT2D eigenvalue weighted by Crippen LogP contribution is -2.66. The summed E-state index contributed by atoms with van der Waals surface area (Å²) in [4.78, 5) is 35.3. The van der Waals surface area contributed by atoms with Crippen LogP contribution >= 0.6 is 27.7 Å². The van der Waals surface area contributed by atoms with Crippen LogP contribution in [0.15, 0.2) is 24.3 Å². The molecule has 24 heavy (non-hydrogen) atoms. The molecule has 9 heteroatoms. The van der Waals surface area contributed by atoms with Crippen molar-refractivity contribution in [1.82, 2.24) is 4.90 Å². The largest absolute Gasteiger partial charge is 0.497 e. The molecule has 1 aromatic rings. The van der Waals surface area contributed by atoms with E-state index in [4.69, 9.17) is 9.47 Å². The van der Waals surface area contributed by atoms with Crippen LogP contribution in [0.4, 0.5) is 0 Å². The molecule has 0 radical (unpaired) electrons. The summed E-state index contributed by atoms with van der Waals surface area (Å²) in [6.07, 6.45) is -1.75. The zero-order valence-corrected chi connectivity index (χ0v) is 15.4. The fourth-order valence-electron chi connectivity index (χ4n) is 2.06. The maximum atomic E-state index is 12.0. The minimum absolute atomic E-state index is 0.0514. The SMILES string of the molecule is COc1ccc(COC(=O)C(O)N2C(=O)C(Br)C2SC(C)=O)cc1. The number of methoxy groups -OCH3 is 1. The molecular formula is C15H16BrNO6S. The standard InChI is InChI=1S/C15H16BrNO6S/c1-8(18)24-14-11(16)12(19)17(14)13(20)15(21)23-7-9-3-5-10(22-2)6-4-9/h3-6,11,13-14,20H,7H2,1-2H3. The topological polar surface area (TPSA) is 93.1 Å². The smallest absolute Gasteiger partial charge is 0.356 e. The van der Waals surface area contributed by atoms with Crippen LogP contribution in [0.25, 0.3) is 0 Å². The summed E-state index contributed by atoms with van der Waals surface area (Å²) in [6.45, 7) is 1.30. The third-order valence-corrected chi connectivity index (χ3v) is 5.63. The number of thioether (sulfide) groups is 1. The number of amides is 1. The Morgan fingerprint density at radius 1 is 1.38 bits per heavy atom. The van der Waals surface area contributed by atoms with E-state index in [0.29, 0.717) is 11.3 Å². The van der Waals surface area contributed by atoms with Crippen LogP contribution in [0.3, 0.4) is 0 Å². The highest BCUT2D eigenvalue weighted by molar-refractivity contribution is 9.10. The summed E-state index contributed by atoms with van der Waals surface area (Å²) < 4.78 is 10.0. The predicted octanol–water partition coefficient (Wildman–Crippen LogP) is 1.27. The van der Waals surface area contributed by atoms with Gasteiger partial charge in [0.05, 0.1) is 7.11 Å². The van der Waals surface area contributed by atoms with Gasteiger partial charge in [0, 0.05) is 6.92 Å². The van der Waals surface area contributed by atoms with E-state index >= 15 is 0 Å². The first-order chi connectivity index (χ1) is 11.3. The Kier molecular flexibility index (Phi) is 6.25. The molecule has 0 aliphatic carbocycles. The van der Waals surface area contributed by atoms with Gasteiger partial charge in [-0.25, -0.2) is 4.79 Å². The van der Waals surface area contributed by atoms with Gasteiger partial charge in [0.25, 0.3) is 0 Å². The molecule has 7 nitrogen and oxygen atoms in total. The van der Waals surface area contributed by atoms with Gasteiger partial charge in [0.1, 0.15) is 22.6 Å². The molecule has 1 N–H and O–H groups in total. The quantitative estimate of drug-likeness (QED) is 0.423. The van der Waals surface area contributed by atoms with E-state index in [0.717, 1.165) is 16.7 Å². The summed E-state index contributed by atoms with van der Waals surface area (Å²) >= 11 is 3.99. The number of esters is 1. The zero-order chi connectivity index (χ0) is 17.9. The number of ether oxygens (including phenoxy) is 2. The lowest BCUT2D eigenvalue weighted by atomic mass is 10.2. The summed E-state index contributed by atoms with van der Waals surface area (Å²) in [5.41, 5.74) is 0.708. The monoisotopic (exact) mass is 417 g/mol. The van der Waals surface area contributed by atoms with Gasteiger partial charge < -0.3 is 14.6 Å². The Morgan fingerprint density at radius 3 is 2.54 bits per heavy atom. The average Bonchev–Trinajstić information content (AvgIpc) is 2.58. The van der Waals surface area contributed by atoms with Gasteiger partial charge in [-0.2, -0.15) is 0 Å². The number of nitrogens with zero attached hydrogens (tertiary/aromatic N) is 1. The maximum Gasteiger partial charge on any atom is 0.356 e. The Balaban J connectivity index is 1.93. The van der Waals surface area contributed by atoms with Crippen LogP contribution in [-0.4, -0.2) is 50.5 Å². The Hall–Kier alpha value is -1.58. The number of hydrogen-bond donors (Lipinski definition) is 1. The van der Waals surface area contributed by atoms with Crippen molar-refractivity contribution < 1.29 is 29.0 Å². The Labute approximate surface area is 151 Å². The lowest BCUT2D eigenvalue weighted by Gasteiger charge is -2.44. The average molecular weight is 418 g/mol. The number of benzene rings is 1. The summed E-state index contributed by atoms with van der Waals surface area (Å²) in [5.74, 6) is -0.751. The Bertz CT molecular complexity index is 637. The molecule has 0 saturated carbocycles. The van der Waals surface area contributed by atoms with Gasteiger partial charge in [0.2, 0.25) is 12.1 Å². The number of hydrogen-bond acceptors (Lipinski definition) is 7. The van der Waals surface area contributed by atoms with Gasteiger partial charge in [-0.05, 0) is 17.7 Å². The van der Waals surface area contributed by atoms with E-state index in [1.807, 2.05) is 0 Å². The van der Waals surface area contributed by atoms with Crippen LogP contribution in [-0.2, 0) is 25.7 Å². The molecule has 0 bridgehead atoms. The van der Waals surface area contributed by atoms with Crippen LogP contribution in [0, 0.1) is 0 Å². The Morgan fingerprint density at radius 2 is 2.00 bits per heavy atom. The minimum Gasteiger partial charge on any atom is -0.497 e. The number of carbonyl (C=O) groups is 3. The minimum atomic E-state index is -1.75. The highest BCUT2D eigenvalue weighted by Gasteiger charge is 2.52. The number of alkyl halides is 1. The van der Waals surface area contributed by atoms with Crippen molar-refractivity contribution >= 4 is 44.7 Å². The lowest BCUT2D eigenvalue weighted by molar-refractivity contribution is -0.178.